The summed E-state index contributed by atoms with van der Waals surface area (Å²) in [7, 11) is 4.41. The van der Waals surface area contributed by atoms with Gasteiger partial charge in [-0.3, -0.25) is 24.1 Å². The summed E-state index contributed by atoms with van der Waals surface area (Å²) in [5.41, 5.74) is 6.47. The molecule has 1 fully saturated rings. The van der Waals surface area contributed by atoms with Crippen LogP contribution in [-0.2, 0) is 30.3 Å². The number of likely N-dealkylation sites (N-methyl/N-ethyl adjacent to an activating group) is 1. The number of fused-ring (bicyclic) bond motifs is 3. The maximum atomic E-state index is 13.9. The molecule has 13 nitrogen and oxygen atoms in total. The number of ether oxygens (including phenoxy) is 1. The van der Waals surface area contributed by atoms with E-state index in [-0.39, 0.29) is 35.3 Å². The monoisotopic (exact) mass is 619 g/mol. The number of carbonyl (C=O) groups excluding carboxylic acids is 5. The number of carbonyl (C=O) groups is 5. The van der Waals surface area contributed by atoms with E-state index in [2.05, 4.69) is 10.1 Å². The molecule has 0 aliphatic heterocycles. The summed E-state index contributed by atoms with van der Waals surface area (Å²) in [5.74, 6) is -8.21. The van der Waals surface area contributed by atoms with Crippen LogP contribution < -0.4 is 11.1 Å². The van der Waals surface area contributed by atoms with Crippen LogP contribution in [0.5, 0.6) is 5.75 Å². The number of primary amides is 1. The minimum atomic E-state index is -1.36. The molecule has 0 saturated heterocycles. The van der Waals surface area contributed by atoms with Crippen molar-refractivity contribution in [1.82, 2.24) is 10.2 Å². The topological polar surface area (TPSA) is 217 Å². The van der Waals surface area contributed by atoms with Gasteiger partial charge in [0.1, 0.15) is 22.8 Å². The lowest BCUT2D eigenvalue weighted by Gasteiger charge is -2.46. The van der Waals surface area contributed by atoms with Crippen LogP contribution in [0, 0.1) is 17.8 Å². The number of Topliss-reactive ketones (excluding diaryl/α,β-unsaturated/α-hetero) is 2. The number of methoxy groups -OCH3 is 1. The van der Waals surface area contributed by atoms with Gasteiger partial charge in [-0.1, -0.05) is 18.2 Å². The van der Waals surface area contributed by atoms with Crippen LogP contribution in [-0.4, -0.2) is 94.6 Å². The highest BCUT2D eigenvalue weighted by atomic mass is 16.5. The second-order valence-corrected chi connectivity index (χ2v) is 11.6. The van der Waals surface area contributed by atoms with Crippen molar-refractivity contribution < 1.29 is 49.1 Å². The molecule has 0 aromatic heterocycles. The van der Waals surface area contributed by atoms with E-state index in [1.165, 1.54) is 12.1 Å². The number of esters is 1. The number of rotatable bonds is 7. The van der Waals surface area contributed by atoms with E-state index in [4.69, 9.17) is 5.73 Å². The number of amides is 2. The first kappa shape index (κ1) is 31.4. The van der Waals surface area contributed by atoms with Crippen molar-refractivity contribution in [2.45, 2.75) is 24.9 Å². The third-order valence-electron chi connectivity index (χ3n) is 8.86. The van der Waals surface area contributed by atoms with Crippen LogP contribution >= 0.6 is 0 Å². The summed E-state index contributed by atoms with van der Waals surface area (Å²) in [4.78, 5) is 65.8. The molecule has 0 radical (unpaired) electrons. The Balaban J connectivity index is 1.58. The van der Waals surface area contributed by atoms with Crippen LogP contribution in [0.2, 0.25) is 0 Å². The van der Waals surface area contributed by atoms with Crippen molar-refractivity contribution in [3.8, 4) is 16.9 Å². The number of phenols is 1. The molecule has 1 saturated carbocycles. The van der Waals surface area contributed by atoms with E-state index < -0.39 is 82.9 Å². The first-order chi connectivity index (χ1) is 21.3. The Morgan fingerprint density at radius 3 is 2.42 bits per heavy atom. The van der Waals surface area contributed by atoms with E-state index in [0.717, 1.165) is 7.11 Å². The third-order valence-corrected chi connectivity index (χ3v) is 8.86. The van der Waals surface area contributed by atoms with Gasteiger partial charge in [0, 0.05) is 11.1 Å². The van der Waals surface area contributed by atoms with Gasteiger partial charge in [-0.15, -0.1) is 0 Å². The average Bonchev–Trinajstić information content (AvgIpc) is 2.98. The van der Waals surface area contributed by atoms with E-state index in [1.54, 1.807) is 43.3 Å². The van der Waals surface area contributed by atoms with Gasteiger partial charge in [0.25, 0.3) is 11.8 Å². The molecule has 3 unspecified atom stereocenters. The average molecular weight is 620 g/mol. The standard InChI is InChI=1S/C32H33N3O10/c1-35(2)25-18-11-15-10-17-16(13-5-4-6-14(9-13)31(43)34-19(12-36)32(44)45-3)7-8-20(37)22(17)26(38)21(15)27(39)23(18)28(40)24(29(25)41)30(33)42/h4-9,15,18-19,23,25,36-38,41H,10-12H2,1-3H3,(H2,33,42)(H,34,43)/t15-,18+,19?,23?,25?/m0/s1. The number of aliphatic hydroxyl groups excluding tert-OH is 3. The first-order valence-electron chi connectivity index (χ1n) is 14.2. The number of hydrogen-bond acceptors (Lipinski definition) is 11. The number of aromatic hydroxyl groups is 1. The van der Waals surface area contributed by atoms with Crippen LogP contribution in [0.3, 0.4) is 0 Å². The summed E-state index contributed by atoms with van der Waals surface area (Å²) >= 11 is 0. The second kappa shape index (κ2) is 11.8. The molecule has 2 aromatic carbocycles. The number of ketones is 2. The molecule has 2 aromatic rings. The number of nitrogens with one attached hydrogen (secondary N) is 1. The minimum absolute atomic E-state index is 0.00683. The van der Waals surface area contributed by atoms with Gasteiger partial charge >= 0.3 is 5.97 Å². The molecule has 3 aliphatic carbocycles. The number of benzene rings is 2. The summed E-state index contributed by atoms with van der Waals surface area (Å²) in [6.07, 6.45) is 0.355. The molecule has 45 heavy (non-hydrogen) atoms. The van der Waals surface area contributed by atoms with Gasteiger partial charge in [-0.05, 0) is 73.7 Å². The molecule has 0 heterocycles. The van der Waals surface area contributed by atoms with Crippen molar-refractivity contribution >= 4 is 35.1 Å². The number of nitrogens with zero attached hydrogens (tertiary/aromatic N) is 1. The third kappa shape index (κ3) is 5.13. The second-order valence-electron chi connectivity index (χ2n) is 11.6. The molecular weight excluding hydrogens is 586 g/mol. The molecule has 2 amide bonds. The predicted octanol–water partition coefficient (Wildman–Crippen LogP) is 0.780. The number of nitrogens with two attached hydrogens (primary N) is 1. The first-order valence-corrected chi connectivity index (χ1v) is 14.2. The van der Waals surface area contributed by atoms with Crippen molar-refractivity contribution in [3.63, 3.8) is 0 Å². The normalized spacial score (nSPS) is 23.2. The highest BCUT2D eigenvalue weighted by Crippen LogP contribution is 2.51. The van der Waals surface area contributed by atoms with Gasteiger partial charge in [-0.25, -0.2) is 4.79 Å². The largest absolute Gasteiger partial charge is 0.510 e. The Kier molecular flexibility index (Phi) is 8.25. The highest BCUT2D eigenvalue weighted by molar-refractivity contribution is 6.28. The van der Waals surface area contributed by atoms with Crippen LogP contribution in [0.4, 0.5) is 0 Å². The van der Waals surface area contributed by atoms with Gasteiger partial charge in [0.15, 0.2) is 17.6 Å². The van der Waals surface area contributed by atoms with Crippen LogP contribution in [0.15, 0.2) is 53.3 Å². The Hall–Kier alpha value is -5.01. The molecule has 7 N–H and O–H groups in total. The van der Waals surface area contributed by atoms with Gasteiger partial charge in [-0.2, -0.15) is 0 Å². The minimum Gasteiger partial charge on any atom is -0.510 e. The van der Waals surface area contributed by atoms with E-state index >= 15 is 0 Å². The number of allylic oxidation sites excluding steroid dienone is 1. The zero-order valence-electron chi connectivity index (χ0n) is 24.7. The van der Waals surface area contributed by atoms with Crippen molar-refractivity contribution in [1.29, 1.82) is 0 Å². The molecule has 0 spiro atoms. The highest BCUT2D eigenvalue weighted by Gasteiger charge is 2.55. The Morgan fingerprint density at radius 2 is 1.80 bits per heavy atom. The molecule has 5 atom stereocenters. The molecule has 236 valence electrons. The SMILES string of the molecule is COC(=O)C(CO)NC(=O)c1cccc(-c2ccc(O)c3c2C[C@H]2C[C@@H]4C(C(=O)C(C(N)=O)=C(O)C4N(C)C)C(=O)C2=C3O)c1. The maximum Gasteiger partial charge on any atom is 0.330 e. The quantitative estimate of drug-likeness (QED) is 0.145. The Bertz CT molecular complexity index is 1710. The van der Waals surface area contributed by atoms with Crippen molar-refractivity contribution in [2.24, 2.45) is 23.5 Å². The number of aliphatic hydroxyl groups is 3. The smallest absolute Gasteiger partial charge is 0.330 e. The zero-order valence-corrected chi connectivity index (χ0v) is 24.7. The molecular formula is C32H33N3O10. The fourth-order valence-corrected chi connectivity index (χ4v) is 6.93. The Labute approximate surface area is 257 Å². The summed E-state index contributed by atoms with van der Waals surface area (Å²) in [6, 6.07) is 7.19. The lowest BCUT2D eigenvalue weighted by Crippen LogP contribution is -2.55. The van der Waals surface area contributed by atoms with E-state index in [1.807, 2.05) is 0 Å². The van der Waals surface area contributed by atoms with Crippen molar-refractivity contribution in [3.05, 3.63) is 70.0 Å². The summed E-state index contributed by atoms with van der Waals surface area (Å²) in [6.45, 7) is -0.669. The molecule has 5 rings (SSSR count). The van der Waals surface area contributed by atoms with Gasteiger partial charge in [0.05, 0.1) is 31.2 Å². The zero-order chi connectivity index (χ0) is 32.9. The maximum absolute atomic E-state index is 13.9. The molecule has 3 aliphatic rings. The molecule has 0 bridgehead atoms. The van der Waals surface area contributed by atoms with E-state index in [0.29, 0.717) is 16.7 Å². The van der Waals surface area contributed by atoms with E-state index in [9.17, 15) is 44.4 Å². The fraction of sp³-hybridized carbons (Fsp3) is 0.344. The summed E-state index contributed by atoms with van der Waals surface area (Å²) in [5, 5.41) is 45.2. The Morgan fingerprint density at radius 1 is 1.09 bits per heavy atom. The number of phenolic OH excluding ortho intramolecular Hbond substituents is 1. The molecule has 13 heteroatoms. The lowest BCUT2D eigenvalue weighted by molar-refractivity contribution is -0.144. The van der Waals surface area contributed by atoms with Gasteiger partial charge in [0.2, 0.25) is 0 Å². The predicted molar refractivity (Wildman–Crippen MR) is 159 cm³/mol. The number of hydrogen-bond donors (Lipinski definition) is 6. The summed E-state index contributed by atoms with van der Waals surface area (Å²) < 4.78 is 4.60. The fourth-order valence-electron chi connectivity index (χ4n) is 6.93. The van der Waals surface area contributed by atoms with Crippen LogP contribution in [0.25, 0.3) is 16.9 Å². The van der Waals surface area contributed by atoms with Crippen molar-refractivity contribution in [2.75, 3.05) is 27.8 Å². The lowest BCUT2D eigenvalue weighted by atomic mass is 9.59. The van der Waals surface area contributed by atoms with Gasteiger partial charge < -0.3 is 36.2 Å². The van der Waals surface area contributed by atoms with Crippen LogP contribution in [0.1, 0.15) is 27.9 Å².